The Hall–Kier alpha value is -0.640. The van der Waals surface area contributed by atoms with Crippen molar-refractivity contribution in [1.29, 1.82) is 0 Å². The van der Waals surface area contributed by atoms with Crippen molar-refractivity contribution in [2.45, 2.75) is 39.3 Å². The largest absolute Gasteiger partial charge is 0.388 e. The van der Waals surface area contributed by atoms with E-state index in [1.54, 1.807) is 0 Å². The van der Waals surface area contributed by atoms with Gasteiger partial charge in [-0.25, -0.2) is 4.39 Å². The summed E-state index contributed by atoms with van der Waals surface area (Å²) in [5.74, 6) is -0.411. The molecule has 0 aliphatic rings. The molecule has 1 rings (SSSR count). The minimum Gasteiger partial charge on any atom is -0.388 e. The van der Waals surface area contributed by atoms with Crippen LogP contribution in [0.3, 0.4) is 0 Å². The molecular formula is C13H19ClFNO. The summed E-state index contributed by atoms with van der Waals surface area (Å²) in [6, 6.07) is 3.83. The second-order valence-electron chi connectivity index (χ2n) is 5.39. The van der Waals surface area contributed by atoms with Crippen molar-refractivity contribution in [3.8, 4) is 0 Å². The van der Waals surface area contributed by atoms with Gasteiger partial charge in [0.15, 0.2) is 0 Å². The van der Waals surface area contributed by atoms with Crippen molar-refractivity contribution in [1.82, 2.24) is 0 Å². The Kier molecular flexibility index (Phi) is 4.53. The van der Waals surface area contributed by atoms with Gasteiger partial charge in [-0.1, -0.05) is 38.4 Å². The molecule has 0 heterocycles. The highest BCUT2D eigenvalue weighted by atomic mass is 35.5. The molecule has 0 bridgehead atoms. The molecule has 0 saturated heterocycles. The molecule has 0 spiro atoms. The first-order valence-electron chi connectivity index (χ1n) is 5.60. The zero-order chi connectivity index (χ0) is 13.2. The summed E-state index contributed by atoms with van der Waals surface area (Å²) in [5.41, 5.74) is 6.42. The van der Waals surface area contributed by atoms with E-state index in [-0.39, 0.29) is 16.5 Å². The Bertz CT molecular complexity index is 389. The molecule has 0 saturated carbocycles. The van der Waals surface area contributed by atoms with Gasteiger partial charge in [-0.05, 0) is 29.5 Å². The summed E-state index contributed by atoms with van der Waals surface area (Å²) >= 11 is 5.88. The summed E-state index contributed by atoms with van der Waals surface area (Å²) in [6.45, 7) is 6.03. The van der Waals surface area contributed by atoms with E-state index in [4.69, 9.17) is 17.3 Å². The van der Waals surface area contributed by atoms with Gasteiger partial charge in [0.25, 0.3) is 0 Å². The predicted octanol–water partition coefficient (Wildman–Crippen LogP) is 3.28. The summed E-state index contributed by atoms with van der Waals surface area (Å²) in [6.07, 6.45) is -0.369. The van der Waals surface area contributed by atoms with Crippen molar-refractivity contribution in [2.24, 2.45) is 11.1 Å². The summed E-state index contributed by atoms with van der Waals surface area (Å²) < 4.78 is 12.9. The molecule has 0 amide bonds. The average molecular weight is 260 g/mol. The van der Waals surface area contributed by atoms with Crippen LogP contribution in [0.25, 0.3) is 0 Å². The topological polar surface area (TPSA) is 46.2 Å². The molecule has 0 aromatic heterocycles. The van der Waals surface area contributed by atoms with Gasteiger partial charge in [0, 0.05) is 11.1 Å². The Labute approximate surface area is 107 Å². The third-order valence-corrected chi connectivity index (χ3v) is 3.24. The monoisotopic (exact) mass is 259 g/mol. The van der Waals surface area contributed by atoms with Crippen LogP contribution in [0.4, 0.5) is 4.39 Å². The van der Waals surface area contributed by atoms with Crippen LogP contribution in [0.15, 0.2) is 18.2 Å². The number of hydrogen-bond donors (Lipinski definition) is 2. The van der Waals surface area contributed by atoms with Gasteiger partial charge in [0.1, 0.15) is 5.82 Å². The average Bonchev–Trinajstić information content (AvgIpc) is 2.15. The molecule has 0 unspecified atom stereocenters. The van der Waals surface area contributed by atoms with Crippen LogP contribution in [0.2, 0.25) is 5.02 Å². The first-order chi connectivity index (χ1) is 7.71. The van der Waals surface area contributed by atoms with Gasteiger partial charge < -0.3 is 10.8 Å². The number of hydrogen-bond acceptors (Lipinski definition) is 2. The lowest BCUT2D eigenvalue weighted by molar-refractivity contribution is 0.133. The normalized spacial score (nSPS) is 15.7. The van der Waals surface area contributed by atoms with E-state index in [2.05, 4.69) is 0 Å². The van der Waals surface area contributed by atoms with E-state index >= 15 is 0 Å². The van der Waals surface area contributed by atoms with Gasteiger partial charge in [0.2, 0.25) is 0 Å². The Morgan fingerprint density at radius 1 is 1.41 bits per heavy atom. The van der Waals surface area contributed by atoms with Crippen molar-refractivity contribution >= 4 is 11.6 Å². The highest BCUT2D eigenvalue weighted by molar-refractivity contribution is 6.31. The molecule has 0 aliphatic carbocycles. The van der Waals surface area contributed by atoms with E-state index in [0.717, 1.165) is 0 Å². The fourth-order valence-corrected chi connectivity index (χ4v) is 1.79. The maximum Gasteiger partial charge on any atom is 0.124 e. The Morgan fingerprint density at radius 3 is 2.47 bits per heavy atom. The molecule has 17 heavy (non-hydrogen) atoms. The number of aliphatic hydroxyl groups is 1. The molecular weight excluding hydrogens is 241 g/mol. The fourth-order valence-electron chi connectivity index (χ4n) is 1.49. The van der Waals surface area contributed by atoms with E-state index < -0.39 is 11.9 Å². The third kappa shape index (κ3) is 3.95. The van der Waals surface area contributed by atoms with Gasteiger partial charge in [-0.15, -0.1) is 0 Å². The quantitative estimate of drug-likeness (QED) is 0.875. The van der Waals surface area contributed by atoms with Gasteiger partial charge in [-0.3, -0.25) is 0 Å². The first-order valence-corrected chi connectivity index (χ1v) is 5.98. The highest BCUT2D eigenvalue weighted by Gasteiger charge is 2.24. The Balaban J connectivity index is 2.80. The van der Waals surface area contributed by atoms with Gasteiger partial charge in [0.05, 0.1) is 6.10 Å². The SMILES string of the molecule is CC(C)(C)[C@H](N)C[C@@H](O)c1ccc(F)cc1Cl. The van der Waals surface area contributed by atoms with Crippen LogP contribution in [-0.2, 0) is 0 Å². The lowest BCUT2D eigenvalue weighted by atomic mass is 9.83. The van der Waals surface area contributed by atoms with Crippen LogP contribution in [0.1, 0.15) is 38.9 Å². The van der Waals surface area contributed by atoms with E-state index in [0.29, 0.717) is 12.0 Å². The minimum absolute atomic E-state index is 0.0898. The molecule has 0 fully saturated rings. The number of rotatable bonds is 3. The molecule has 0 aliphatic heterocycles. The number of aliphatic hydroxyl groups excluding tert-OH is 1. The second-order valence-corrected chi connectivity index (χ2v) is 5.80. The van der Waals surface area contributed by atoms with E-state index in [1.807, 2.05) is 20.8 Å². The number of nitrogens with two attached hydrogens (primary N) is 1. The van der Waals surface area contributed by atoms with Crippen LogP contribution >= 0.6 is 11.6 Å². The Morgan fingerprint density at radius 2 is 2.00 bits per heavy atom. The molecule has 0 radical (unpaired) electrons. The van der Waals surface area contributed by atoms with E-state index in [9.17, 15) is 9.50 Å². The lowest BCUT2D eigenvalue weighted by Crippen LogP contribution is -2.36. The first kappa shape index (κ1) is 14.4. The predicted molar refractivity (Wildman–Crippen MR) is 68.4 cm³/mol. The summed E-state index contributed by atoms with van der Waals surface area (Å²) in [5, 5.41) is 10.3. The van der Waals surface area contributed by atoms with Gasteiger partial charge >= 0.3 is 0 Å². The lowest BCUT2D eigenvalue weighted by Gasteiger charge is -2.29. The highest BCUT2D eigenvalue weighted by Crippen LogP contribution is 2.30. The minimum atomic E-state index is -0.766. The van der Waals surface area contributed by atoms with Gasteiger partial charge in [-0.2, -0.15) is 0 Å². The van der Waals surface area contributed by atoms with Crippen molar-refractivity contribution in [3.63, 3.8) is 0 Å². The summed E-state index contributed by atoms with van der Waals surface area (Å²) in [7, 11) is 0. The molecule has 2 atom stereocenters. The smallest absolute Gasteiger partial charge is 0.124 e. The third-order valence-electron chi connectivity index (χ3n) is 2.91. The van der Waals surface area contributed by atoms with Crippen LogP contribution in [0.5, 0.6) is 0 Å². The van der Waals surface area contributed by atoms with Crippen molar-refractivity contribution in [3.05, 3.63) is 34.6 Å². The molecule has 1 aromatic carbocycles. The van der Waals surface area contributed by atoms with Crippen LogP contribution in [-0.4, -0.2) is 11.1 Å². The van der Waals surface area contributed by atoms with Crippen LogP contribution in [0, 0.1) is 11.2 Å². The zero-order valence-corrected chi connectivity index (χ0v) is 11.1. The maximum absolute atomic E-state index is 12.9. The molecule has 96 valence electrons. The molecule has 1 aromatic rings. The molecule has 3 N–H and O–H groups in total. The maximum atomic E-state index is 12.9. The van der Waals surface area contributed by atoms with Crippen molar-refractivity contribution in [2.75, 3.05) is 0 Å². The second kappa shape index (κ2) is 5.34. The summed E-state index contributed by atoms with van der Waals surface area (Å²) in [4.78, 5) is 0. The fraction of sp³-hybridized carbons (Fsp3) is 0.538. The van der Waals surface area contributed by atoms with Crippen molar-refractivity contribution < 1.29 is 9.50 Å². The zero-order valence-electron chi connectivity index (χ0n) is 10.4. The number of halogens is 2. The molecule has 2 nitrogen and oxygen atoms in total. The molecule has 4 heteroatoms. The van der Waals surface area contributed by atoms with E-state index in [1.165, 1.54) is 18.2 Å². The van der Waals surface area contributed by atoms with Crippen LogP contribution < -0.4 is 5.73 Å². The standard InChI is InChI=1S/C13H19ClFNO/c1-13(2,3)12(16)7-11(17)9-5-4-8(15)6-10(9)14/h4-6,11-12,17H,7,16H2,1-3H3/t11-,12-/m1/s1. The number of benzene rings is 1.